The van der Waals surface area contributed by atoms with Gasteiger partial charge >= 0.3 is 5.97 Å². The molecule has 0 unspecified atom stereocenters. The van der Waals surface area contributed by atoms with Crippen molar-refractivity contribution in [2.75, 3.05) is 11.9 Å². The number of amides is 1. The quantitative estimate of drug-likeness (QED) is 0.615. The second kappa shape index (κ2) is 5.31. The average Bonchev–Trinajstić information content (AvgIpc) is 2.22. The Labute approximate surface area is 97.5 Å². The van der Waals surface area contributed by atoms with Crippen molar-refractivity contribution in [2.45, 2.75) is 13.3 Å². The van der Waals surface area contributed by atoms with Crippen LogP contribution in [0.15, 0.2) is 12.1 Å². The van der Waals surface area contributed by atoms with Gasteiger partial charge in [0.15, 0.2) is 0 Å². The number of carboxylic acid groups (broad SMARTS) is 1. The highest BCUT2D eigenvalue weighted by molar-refractivity contribution is 5.95. The number of nitrogens with one attached hydrogen (secondary N) is 1. The van der Waals surface area contributed by atoms with Crippen LogP contribution in [0.2, 0.25) is 0 Å². The zero-order valence-electron chi connectivity index (χ0n) is 9.23. The van der Waals surface area contributed by atoms with Gasteiger partial charge in [-0.25, -0.2) is 4.79 Å². The van der Waals surface area contributed by atoms with Crippen molar-refractivity contribution in [3.05, 3.63) is 23.3 Å². The van der Waals surface area contributed by atoms with E-state index in [2.05, 4.69) is 5.32 Å². The summed E-state index contributed by atoms with van der Waals surface area (Å²) in [6.07, 6.45) is 0.0581. The first-order valence-corrected chi connectivity index (χ1v) is 4.94. The number of carboxylic acids is 1. The monoisotopic (exact) mass is 239 g/mol. The topological polar surface area (TPSA) is 107 Å². The molecular formula is C11H13NO5. The van der Waals surface area contributed by atoms with Crippen molar-refractivity contribution < 1.29 is 24.9 Å². The number of carbonyl (C=O) groups excluding carboxylic acids is 1. The maximum Gasteiger partial charge on any atom is 0.339 e. The molecule has 0 saturated heterocycles. The van der Waals surface area contributed by atoms with E-state index in [9.17, 15) is 14.7 Å². The molecular weight excluding hydrogens is 226 g/mol. The van der Waals surface area contributed by atoms with Gasteiger partial charge in [0.1, 0.15) is 11.3 Å². The first-order chi connectivity index (χ1) is 7.97. The van der Waals surface area contributed by atoms with Crippen molar-refractivity contribution in [1.82, 2.24) is 0 Å². The molecule has 0 radical (unpaired) electrons. The molecule has 0 aliphatic carbocycles. The Balaban J connectivity index is 3.28. The number of hydrogen-bond donors (Lipinski definition) is 4. The highest BCUT2D eigenvalue weighted by atomic mass is 16.4. The molecule has 1 aromatic carbocycles. The molecule has 0 saturated carbocycles. The molecule has 0 bridgehead atoms. The number of carbonyl (C=O) groups is 2. The van der Waals surface area contributed by atoms with Gasteiger partial charge in [0, 0.05) is 31.2 Å². The number of aliphatic hydroxyl groups is 1. The summed E-state index contributed by atoms with van der Waals surface area (Å²) >= 11 is 0. The maximum atomic E-state index is 10.9. The summed E-state index contributed by atoms with van der Waals surface area (Å²) in [5.74, 6) is -2.04. The van der Waals surface area contributed by atoms with Crippen LogP contribution in [0.25, 0.3) is 0 Å². The molecule has 0 atom stereocenters. The molecule has 1 rings (SSSR count). The summed E-state index contributed by atoms with van der Waals surface area (Å²) in [4.78, 5) is 21.7. The van der Waals surface area contributed by atoms with E-state index in [1.165, 1.54) is 19.1 Å². The summed E-state index contributed by atoms with van der Waals surface area (Å²) in [5, 5.41) is 29.9. The first-order valence-electron chi connectivity index (χ1n) is 4.94. The van der Waals surface area contributed by atoms with Gasteiger partial charge in [0.25, 0.3) is 0 Å². The third kappa shape index (κ3) is 2.94. The second-order valence-electron chi connectivity index (χ2n) is 3.45. The fraction of sp³-hybridized carbons (Fsp3) is 0.273. The maximum absolute atomic E-state index is 10.9. The third-order valence-electron chi connectivity index (χ3n) is 2.19. The molecule has 0 fully saturated rings. The largest absolute Gasteiger partial charge is 0.507 e. The van der Waals surface area contributed by atoms with Crippen LogP contribution >= 0.6 is 0 Å². The normalized spacial score (nSPS) is 10.0. The summed E-state index contributed by atoms with van der Waals surface area (Å²) in [6, 6.07) is 2.58. The molecule has 92 valence electrons. The van der Waals surface area contributed by atoms with Crippen LogP contribution in [0.5, 0.6) is 5.75 Å². The highest BCUT2D eigenvalue weighted by Gasteiger charge is 2.17. The summed E-state index contributed by atoms with van der Waals surface area (Å²) in [6.45, 7) is 1.04. The number of phenols is 1. The lowest BCUT2D eigenvalue weighted by molar-refractivity contribution is -0.114. The molecule has 17 heavy (non-hydrogen) atoms. The number of aromatic hydroxyl groups is 1. The van der Waals surface area contributed by atoms with Crippen LogP contribution in [-0.4, -0.2) is 33.8 Å². The fourth-order valence-corrected chi connectivity index (χ4v) is 1.48. The average molecular weight is 239 g/mol. The minimum absolute atomic E-state index is 0.0581. The van der Waals surface area contributed by atoms with E-state index < -0.39 is 11.7 Å². The minimum atomic E-state index is -1.27. The van der Waals surface area contributed by atoms with Crippen LogP contribution < -0.4 is 5.32 Å². The molecule has 0 aliphatic heterocycles. The van der Waals surface area contributed by atoms with E-state index >= 15 is 0 Å². The molecule has 0 heterocycles. The molecule has 0 spiro atoms. The van der Waals surface area contributed by atoms with Crippen molar-refractivity contribution >= 4 is 17.6 Å². The number of aromatic carboxylic acids is 1. The first kappa shape index (κ1) is 13.0. The predicted molar refractivity (Wildman–Crippen MR) is 60.2 cm³/mol. The van der Waals surface area contributed by atoms with Crippen LogP contribution in [-0.2, 0) is 11.2 Å². The lowest BCUT2D eigenvalue weighted by atomic mass is 10.0. The standard InChI is InChI=1S/C11H13NO5/c1-6(14)12-9-3-2-8(11(16)17)10(15)7(9)4-5-13/h2-3,13,15H,4-5H2,1H3,(H,12,14)(H,16,17). The van der Waals surface area contributed by atoms with Gasteiger partial charge in [-0.3, -0.25) is 4.79 Å². The molecule has 6 heteroatoms. The molecule has 0 aliphatic rings. The number of benzene rings is 1. The Morgan fingerprint density at radius 1 is 1.35 bits per heavy atom. The molecule has 4 N–H and O–H groups in total. The van der Waals surface area contributed by atoms with Gasteiger partial charge in [0.05, 0.1) is 0 Å². The summed E-state index contributed by atoms with van der Waals surface area (Å²) in [5.41, 5.74) is 0.249. The molecule has 1 aromatic rings. The van der Waals surface area contributed by atoms with Gasteiger partial charge in [-0.1, -0.05) is 0 Å². The highest BCUT2D eigenvalue weighted by Crippen LogP contribution is 2.30. The van der Waals surface area contributed by atoms with Crippen molar-refractivity contribution in [3.8, 4) is 5.75 Å². The van der Waals surface area contributed by atoms with E-state index in [1.807, 2.05) is 0 Å². The van der Waals surface area contributed by atoms with Gasteiger partial charge in [-0.2, -0.15) is 0 Å². The molecule has 6 nitrogen and oxygen atoms in total. The third-order valence-corrected chi connectivity index (χ3v) is 2.19. The van der Waals surface area contributed by atoms with Crippen LogP contribution in [0.4, 0.5) is 5.69 Å². The Morgan fingerprint density at radius 3 is 2.47 bits per heavy atom. The molecule has 1 amide bonds. The van der Waals surface area contributed by atoms with Gasteiger partial charge in [-0.05, 0) is 12.1 Å². The SMILES string of the molecule is CC(=O)Nc1ccc(C(=O)O)c(O)c1CCO. The lowest BCUT2D eigenvalue weighted by Gasteiger charge is -2.12. The van der Waals surface area contributed by atoms with E-state index in [0.717, 1.165) is 0 Å². The number of rotatable bonds is 4. The van der Waals surface area contributed by atoms with Crippen LogP contribution in [0.1, 0.15) is 22.8 Å². The van der Waals surface area contributed by atoms with E-state index in [0.29, 0.717) is 5.69 Å². The van der Waals surface area contributed by atoms with Gasteiger partial charge < -0.3 is 20.6 Å². The predicted octanol–water partition coefficient (Wildman–Crippen LogP) is 0.584. The van der Waals surface area contributed by atoms with Gasteiger partial charge in [0.2, 0.25) is 5.91 Å². The minimum Gasteiger partial charge on any atom is -0.507 e. The number of anilines is 1. The zero-order chi connectivity index (χ0) is 13.0. The van der Waals surface area contributed by atoms with Crippen molar-refractivity contribution in [2.24, 2.45) is 0 Å². The smallest absolute Gasteiger partial charge is 0.339 e. The summed E-state index contributed by atoms with van der Waals surface area (Å²) in [7, 11) is 0. The number of hydrogen-bond acceptors (Lipinski definition) is 4. The Bertz CT molecular complexity index is 455. The lowest BCUT2D eigenvalue weighted by Crippen LogP contribution is -2.10. The van der Waals surface area contributed by atoms with E-state index in [1.54, 1.807) is 0 Å². The Kier molecular flexibility index (Phi) is 4.06. The van der Waals surface area contributed by atoms with Crippen LogP contribution in [0.3, 0.4) is 0 Å². The van der Waals surface area contributed by atoms with Crippen molar-refractivity contribution in [3.63, 3.8) is 0 Å². The Morgan fingerprint density at radius 2 is 2.00 bits per heavy atom. The molecule has 0 aromatic heterocycles. The van der Waals surface area contributed by atoms with Crippen LogP contribution in [0, 0.1) is 0 Å². The van der Waals surface area contributed by atoms with Gasteiger partial charge in [-0.15, -0.1) is 0 Å². The zero-order valence-corrected chi connectivity index (χ0v) is 9.23. The number of aliphatic hydroxyl groups excluding tert-OH is 1. The summed E-state index contributed by atoms with van der Waals surface area (Å²) < 4.78 is 0. The van der Waals surface area contributed by atoms with E-state index in [-0.39, 0.29) is 30.1 Å². The Hall–Kier alpha value is -2.08. The van der Waals surface area contributed by atoms with Crippen molar-refractivity contribution in [1.29, 1.82) is 0 Å². The van der Waals surface area contributed by atoms with E-state index in [4.69, 9.17) is 10.2 Å². The second-order valence-corrected chi connectivity index (χ2v) is 3.45. The fourth-order valence-electron chi connectivity index (χ4n) is 1.48.